The van der Waals surface area contributed by atoms with E-state index in [-0.39, 0.29) is 12.5 Å². The highest BCUT2D eigenvalue weighted by atomic mass is 79.9. The maximum Gasteiger partial charge on any atom is 0.251 e. The molecular weight excluding hydrogens is 342 g/mol. The molecule has 2 aromatic rings. The van der Waals surface area contributed by atoms with Crippen molar-refractivity contribution in [2.75, 3.05) is 6.61 Å². The largest absolute Gasteiger partial charge is 0.394 e. The quantitative estimate of drug-likeness (QED) is 0.882. The number of carbonyl (C=O) groups is 1. The monoisotopic (exact) mass is 353 g/mol. The van der Waals surface area contributed by atoms with Gasteiger partial charge in [0, 0.05) is 10.0 Å². The number of hydrogen-bond donors (Lipinski definition) is 2. The van der Waals surface area contributed by atoms with Crippen LogP contribution < -0.4 is 5.32 Å². The standard InChI is InChI=1S/C15H13BrClNO2/c16-12-7-6-11(8-13(12)17)15(20)18-14(9-19)10-4-2-1-3-5-10/h1-8,14,19H,9H2,(H,18,20)/t14-/m0/s1. The summed E-state index contributed by atoms with van der Waals surface area (Å²) >= 11 is 9.25. The number of aliphatic hydroxyl groups excluding tert-OH is 1. The van der Waals surface area contributed by atoms with Crippen LogP contribution in [0.4, 0.5) is 0 Å². The predicted molar refractivity (Wildman–Crippen MR) is 82.9 cm³/mol. The van der Waals surface area contributed by atoms with Crippen LogP contribution in [-0.2, 0) is 0 Å². The highest BCUT2D eigenvalue weighted by Gasteiger charge is 2.15. The highest BCUT2D eigenvalue weighted by molar-refractivity contribution is 9.10. The number of carbonyl (C=O) groups excluding carboxylic acids is 1. The molecule has 0 saturated carbocycles. The summed E-state index contributed by atoms with van der Waals surface area (Å²) in [4.78, 5) is 12.2. The molecule has 0 radical (unpaired) electrons. The second-order valence-electron chi connectivity index (χ2n) is 4.25. The Morgan fingerprint density at radius 1 is 1.25 bits per heavy atom. The van der Waals surface area contributed by atoms with Crippen LogP contribution in [-0.4, -0.2) is 17.6 Å². The van der Waals surface area contributed by atoms with E-state index in [1.54, 1.807) is 18.2 Å². The fourth-order valence-electron chi connectivity index (χ4n) is 1.80. The Hall–Kier alpha value is -1.36. The minimum absolute atomic E-state index is 0.167. The molecule has 0 heterocycles. The average molecular weight is 355 g/mol. The summed E-state index contributed by atoms with van der Waals surface area (Å²) in [5.41, 5.74) is 1.30. The van der Waals surface area contributed by atoms with Crippen molar-refractivity contribution >= 4 is 33.4 Å². The minimum Gasteiger partial charge on any atom is -0.394 e. The number of benzene rings is 2. The summed E-state index contributed by atoms with van der Waals surface area (Å²) in [6, 6.07) is 13.9. The summed E-state index contributed by atoms with van der Waals surface area (Å²) in [5, 5.41) is 12.7. The molecule has 2 aromatic carbocycles. The van der Waals surface area contributed by atoms with Crippen molar-refractivity contribution in [2.45, 2.75) is 6.04 Å². The van der Waals surface area contributed by atoms with Crippen LogP contribution >= 0.6 is 27.5 Å². The molecule has 5 heteroatoms. The van der Waals surface area contributed by atoms with E-state index in [0.29, 0.717) is 10.6 Å². The first kappa shape index (κ1) is 15.0. The van der Waals surface area contributed by atoms with E-state index < -0.39 is 6.04 Å². The zero-order valence-electron chi connectivity index (χ0n) is 10.5. The fourth-order valence-corrected chi connectivity index (χ4v) is 2.23. The molecule has 2 N–H and O–H groups in total. The zero-order valence-corrected chi connectivity index (χ0v) is 12.9. The SMILES string of the molecule is O=C(N[C@@H](CO)c1ccccc1)c1ccc(Br)c(Cl)c1. The third-order valence-corrected chi connectivity index (χ3v) is 4.10. The smallest absolute Gasteiger partial charge is 0.251 e. The van der Waals surface area contributed by atoms with Crippen LogP contribution in [0.3, 0.4) is 0 Å². The number of rotatable bonds is 4. The molecule has 0 aromatic heterocycles. The normalized spacial score (nSPS) is 11.9. The molecule has 0 unspecified atom stereocenters. The summed E-state index contributed by atoms with van der Waals surface area (Å²) in [5.74, 6) is -0.276. The second-order valence-corrected chi connectivity index (χ2v) is 5.51. The summed E-state index contributed by atoms with van der Waals surface area (Å²) in [6.07, 6.45) is 0. The first-order chi connectivity index (χ1) is 9.61. The van der Waals surface area contributed by atoms with Crippen LogP contribution in [0, 0.1) is 0 Å². The van der Waals surface area contributed by atoms with E-state index >= 15 is 0 Å². The lowest BCUT2D eigenvalue weighted by atomic mass is 10.1. The minimum atomic E-state index is -0.439. The van der Waals surface area contributed by atoms with E-state index in [9.17, 15) is 9.90 Å². The summed E-state index contributed by atoms with van der Waals surface area (Å²) in [6.45, 7) is -0.167. The van der Waals surface area contributed by atoms with Gasteiger partial charge in [0.2, 0.25) is 0 Å². The molecule has 104 valence electrons. The molecule has 0 aliphatic heterocycles. The van der Waals surface area contributed by atoms with Gasteiger partial charge in [0.15, 0.2) is 0 Å². The maximum absolute atomic E-state index is 12.2. The molecule has 3 nitrogen and oxygen atoms in total. The van der Waals surface area contributed by atoms with E-state index in [0.717, 1.165) is 10.0 Å². The van der Waals surface area contributed by atoms with Gasteiger partial charge in [-0.3, -0.25) is 4.79 Å². The van der Waals surface area contributed by atoms with Gasteiger partial charge < -0.3 is 10.4 Å². The van der Waals surface area contributed by atoms with E-state index in [1.807, 2.05) is 30.3 Å². The van der Waals surface area contributed by atoms with E-state index in [1.165, 1.54) is 0 Å². The van der Waals surface area contributed by atoms with Gasteiger partial charge in [-0.2, -0.15) is 0 Å². The van der Waals surface area contributed by atoms with Crippen molar-refractivity contribution in [3.05, 3.63) is 69.2 Å². The molecule has 2 rings (SSSR count). The van der Waals surface area contributed by atoms with Crippen LogP contribution in [0.2, 0.25) is 5.02 Å². The molecule has 0 saturated heterocycles. The van der Waals surface area contributed by atoms with Crippen molar-refractivity contribution < 1.29 is 9.90 Å². The number of amides is 1. The molecule has 20 heavy (non-hydrogen) atoms. The first-order valence-electron chi connectivity index (χ1n) is 6.03. The van der Waals surface area contributed by atoms with Crippen LogP contribution in [0.1, 0.15) is 22.0 Å². The second kappa shape index (κ2) is 6.88. The molecule has 0 fully saturated rings. The maximum atomic E-state index is 12.2. The lowest BCUT2D eigenvalue weighted by Gasteiger charge is -2.17. The van der Waals surface area contributed by atoms with Gasteiger partial charge in [-0.15, -0.1) is 0 Å². The van der Waals surface area contributed by atoms with Crippen molar-refractivity contribution in [3.8, 4) is 0 Å². The highest BCUT2D eigenvalue weighted by Crippen LogP contribution is 2.23. The third-order valence-electron chi connectivity index (χ3n) is 2.87. The third kappa shape index (κ3) is 3.60. The number of aliphatic hydroxyl groups is 1. The molecular formula is C15H13BrClNO2. The van der Waals surface area contributed by atoms with Crippen molar-refractivity contribution in [1.29, 1.82) is 0 Å². The molecule has 1 amide bonds. The van der Waals surface area contributed by atoms with Crippen molar-refractivity contribution in [3.63, 3.8) is 0 Å². The van der Waals surface area contributed by atoms with E-state index in [4.69, 9.17) is 11.6 Å². The Kier molecular flexibility index (Phi) is 5.17. The lowest BCUT2D eigenvalue weighted by molar-refractivity contribution is 0.0916. The fraction of sp³-hybridized carbons (Fsp3) is 0.133. The van der Waals surface area contributed by atoms with Crippen LogP contribution in [0.25, 0.3) is 0 Å². The van der Waals surface area contributed by atoms with Gasteiger partial charge in [-0.25, -0.2) is 0 Å². The lowest BCUT2D eigenvalue weighted by Crippen LogP contribution is -2.30. The van der Waals surface area contributed by atoms with Gasteiger partial charge in [0.25, 0.3) is 5.91 Å². The van der Waals surface area contributed by atoms with Gasteiger partial charge >= 0.3 is 0 Å². The Balaban J connectivity index is 2.15. The van der Waals surface area contributed by atoms with Gasteiger partial charge in [0.05, 0.1) is 17.7 Å². The zero-order chi connectivity index (χ0) is 14.5. The first-order valence-corrected chi connectivity index (χ1v) is 7.20. The summed E-state index contributed by atoms with van der Waals surface area (Å²) < 4.78 is 0.734. The number of hydrogen-bond acceptors (Lipinski definition) is 2. The topological polar surface area (TPSA) is 49.3 Å². The Bertz CT molecular complexity index is 604. The average Bonchev–Trinajstić information content (AvgIpc) is 2.48. The van der Waals surface area contributed by atoms with Crippen molar-refractivity contribution in [2.24, 2.45) is 0 Å². The van der Waals surface area contributed by atoms with Crippen LogP contribution in [0.5, 0.6) is 0 Å². The number of halogens is 2. The van der Waals surface area contributed by atoms with Crippen molar-refractivity contribution in [1.82, 2.24) is 5.32 Å². The molecule has 0 aliphatic carbocycles. The van der Waals surface area contributed by atoms with Gasteiger partial charge in [-0.05, 0) is 39.7 Å². The molecule has 1 atom stereocenters. The molecule has 0 aliphatic rings. The summed E-state index contributed by atoms with van der Waals surface area (Å²) in [7, 11) is 0. The Morgan fingerprint density at radius 2 is 1.95 bits per heavy atom. The Morgan fingerprint density at radius 3 is 2.55 bits per heavy atom. The van der Waals surface area contributed by atoms with Gasteiger partial charge in [-0.1, -0.05) is 41.9 Å². The van der Waals surface area contributed by atoms with E-state index in [2.05, 4.69) is 21.2 Å². The van der Waals surface area contributed by atoms with Crippen LogP contribution in [0.15, 0.2) is 53.0 Å². The molecule has 0 spiro atoms. The number of nitrogens with one attached hydrogen (secondary N) is 1. The Labute approximate surface area is 130 Å². The molecule has 0 bridgehead atoms. The van der Waals surface area contributed by atoms with Gasteiger partial charge in [0.1, 0.15) is 0 Å². The predicted octanol–water partition coefficient (Wildman–Crippen LogP) is 3.57.